The lowest BCUT2D eigenvalue weighted by Crippen LogP contribution is -2.49. The first-order valence-electron chi connectivity index (χ1n) is 13.2. The number of aromatic carboxylic acids is 1. The van der Waals surface area contributed by atoms with Gasteiger partial charge >= 0.3 is 11.9 Å². The third-order valence-corrected chi connectivity index (χ3v) is 11.3. The number of hydrogen-bond donors (Lipinski definition) is 1. The maximum absolute atomic E-state index is 14.0. The molecule has 2 aliphatic rings. The molecule has 0 radical (unpaired) electrons. The largest absolute Gasteiger partial charge is 0.478 e. The molecule has 0 fully saturated rings. The number of carboxylic acids is 1. The Hall–Kier alpha value is -2.94. The van der Waals surface area contributed by atoms with Crippen molar-refractivity contribution in [1.29, 1.82) is 0 Å². The molecule has 0 unspecified atom stereocenters. The number of esters is 1. The lowest BCUT2D eigenvalue weighted by molar-refractivity contribution is 0.0520. The molecule has 0 aromatic heterocycles. The smallest absolute Gasteiger partial charge is 0.341 e. The quantitative estimate of drug-likeness (QED) is 0.467. The molecule has 14 heteroatoms. The number of fused-ring (bicyclic) bond motifs is 2. The Balaban J connectivity index is 0.000000295. The first-order chi connectivity index (χ1) is 19.1. The van der Waals surface area contributed by atoms with E-state index in [1.807, 2.05) is 0 Å². The minimum Gasteiger partial charge on any atom is -0.478 e. The van der Waals surface area contributed by atoms with Gasteiger partial charge in [0.25, 0.3) is 0 Å². The van der Waals surface area contributed by atoms with E-state index in [9.17, 15) is 35.2 Å². The van der Waals surface area contributed by atoms with Crippen LogP contribution < -0.4 is 0 Å². The zero-order valence-electron chi connectivity index (χ0n) is 24.6. The molecule has 1 N–H and O–H groups in total. The third kappa shape index (κ3) is 7.24. The van der Waals surface area contributed by atoms with Gasteiger partial charge in [-0.25, -0.2) is 35.2 Å². The summed E-state index contributed by atoms with van der Waals surface area (Å²) in [6.07, 6.45) is 0.772. The van der Waals surface area contributed by atoms with Crippen LogP contribution in [-0.2, 0) is 37.6 Å². The molecule has 2 aromatic rings. The maximum atomic E-state index is 14.0. The van der Waals surface area contributed by atoms with Crippen molar-refractivity contribution < 1.29 is 45.0 Å². The van der Waals surface area contributed by atoms with Crippen molar-refractivity contribution in [2.75, 3.05) is 19.7 Å². The summed E-state index contributed by atoms with van der Waals surface area (Å²) in [7, 11) is -7.58. The molecule has 0 aliphatic carbocycles. The number of carbonyl (C=O) groups is 2. The van der Waals surface area contributed by atoms with Gasteiger partial charge in [0, 0.05) is 24.2 Å². The highest BCUT2D eigenvalue weighted by atomic mass is 32.2. The molecule has 0 amide bonds. The molecular weight excluding hydrogens is 606 g/mol. The maximum Gasteiger partial charge on any atom is 0.341 e. The van der Waals surface area contributed by atoms with Crippen LogP contribution in [0.2, 0.25) is 0 Å². The van der Waals surface area contributed by atoms with Crippen LogP contribution in [0, 0.1) is 11.6 Å². The van der Waals surface area contributed by atoms with E-state index < -0.39 is 60.3 Å². The van der Waals surface area contributed by atoms with E-state index >= 15 is 0 Å². The average molecular weight is 647 g/mol. The molecule has 0 atom stereocenters. The molecule has 10 nitrogen and oxygen atoms in total. The monoisotopic (exact) mass is 646 g/mol. The number of carboxylic acid groups (broad SMARTS) is 1. The molecule has 43 heavy (non-hydrogen) atoms. The van der Waals surface area contributed by atoms with Crippen LogP contribution in [0.25, 0.3) is 0 Å². The van der Waals surface area contributed by atoms with Crippen molar-refractivity contribution in [2.45, 2.75) is 89.6 Å². The molecule has 4 rings (SSSR count). The van der Waals surface area contributed by atoms with Crippen LogP contribution in [0.1, 0.15) is 87.7 Å². The topological polar surface area (TPSA) is 138 Å². The number of ether oxygens (including phenoxy) is 1. The number of sulfonamides is 2. The van der Waals surface area contributed by atoms with Crippen molar-refractivity contribution in [3.63, 3.8) is 0 Å². The summed E-state index contributed by atoms with van der Waals surface area (Å²) in [4.78, 5) is 22.6. The number of hydrogen-bond acceptors (Lipinski definition) is 7. The minimum absolute atomic E-state index is 0. The number of carbonyl (C=O) groups excluding carboxylic acids is 1. The van der Waals surface area contributed by atoms with Gasteiger partial charge in [0.1, 0.15) is 11.6 Å². The zero-order chi connectivity index (χ0) is 32.0. The van der Waals surface area contributed by atoms with Crippen molar-refractivity contribution in [2.24, 2.45) is 0 Å². The van der Waals surface area contributed by atoms with Gasteiger partial charge in [0.15, 0.2) is 0 Å². The van der Waals surface area contributed by atoms with Crippen LogP contribution in [0.3, 0.4) is 0 Å². The predicted octanol–water partition coefficient (Wildman–Crippen LogP) is 4.85. The van der Waals surface area contributed by atoms with Gasteiger partial charge in [-0.15, -0.1) is 0 Å². The molecular formula is C29H40F2N2O8S2. The first kappa shape index (κ1) is 36.3. The molecule has 0 bridgehead atoms. The van der Waals surface area contributed by atoms with Crippen LogP contribution in [-0.4, -0.2) is 73.3 Å². The van der Waals surface area contributed by atoms with Crippen LogP contribution >= 0.6 is 0 Å². The molecule has 240 valence electrons. The summed E-state index contributed by atoms with van der Waals surface area (Å²) in [6.45, 7) is 12.9. The van der Waals surface area contributed by atoms with Gasteiger partial charge in [-0.05, 0) is 96.7 Å². The van der Waals surface area contributed by atoms with Crippen LogP contribution in [0.15, 0.2) is 34.1 Å². The van der Waals surface area contributed by atoms with Crippen molar-refractivity contribution in [3.05, 3.63) is 58.2 Å². The zero-order valence-corrected chi connectivity index (χ0v) is 26.2. The van der Waals surface area contributed by atoms with Gasteiger partial charge in [0.2, 0.25) is 20.0 Å². The van der Waals surface area contributed by atoms with E-state index in [1.165, 1.54) is 8.61 Å². The molecule has 0 saturated carbocycles. The van der Waals surface area contributed by atoms with E-state index in [0.29, 0.717) is 24.0 Å². The highest BCUT2D eigenvalue weighted by molar-refractivity contribution is 7.89. The summed E-state index contributed by atoms with van der Waals surface area (Å²) in [5, 5.41) is 8.91. The molecule has 0 saturated heterocycles. The Morgan fingerprint density at radius 3 is 1.51 bits per heavy atom. The summed E-state index contributed by atoms with van der Waals surface area (Å²) in [5.74, 6) is -3.99. The molecule has 2 heterocycles. The lowest BCUT2D eigenvalue weighted by atomic mass is 10.1. The third-order valence-electron chi connectivity index (χ3n) is 6.83. The number of halogens is 2. The van der Waals surface area contributed by atoms with Gasteiger partial charge in [-0.3, -0.25) is 0 Å². The minimum atomic E-state index is -3.81. The fourth-order valence-electron chi connectivity index (χ4n) is 4.90. The number of nitrogens with zero attached hydrogens (tertiary/aromatic N) is 2. The molecule has 2 aromatic carbocycles. The fraction of sp³-hybridized carbons (Fsp3) is 0.517. The molecule has 0 spiro atoms. The van der Waals surface area contributed by atoms with Gasteiger partial charge in [-0.2, -0.15) is 8.61 Å². The Bertz CT molecular complexity index is 1630. The van der Waals surface area contributed by atoms with Gasteiger partial charge in [-0.1, -0.05) is 7.43 Å². The van der Waals surface area contributed by atoms with Crippen LogP contribution in [0.5, 0.6) is 0 Å². The number of benzene rings is 2. The Kier molecular flexibility index (Phi) is 10.6. The predicted molar refractivity (Wildman–Crippen MR) is 157 cm³/mol. The van der Waals surface area contributed by atoms with Gasteiger partial charge in [0.05, 0.1) is 27.5 Å². The first-order valence-corrected chi connectivity index (χ1v) is 16.1. The lowest BCUT2D eigenvalue weighted by Gasteiger charge is -2.38. The summed E-state index contributed by atoms with van der Waals surface area (Å²) in [6, 6.07) is 4.14. The standard InChI is InChI=1S/C15H20FNO4S.C13H16FNO4S.CH4/c1-5-21-14(18)11-9-13-10(8-12(11)16)6-7-17(15(2,3)4)22(13,19)20;1-13(2,3)15-5-4-8-6-10(14)9(12(16)17)7-11(8)20(15,18)19;/h8-9H,5-7H2,1-4H3;6-7H,4-5H2,1-3H3,(H,16,17);1H4. The average Bonchev–Trinajstić information content (AvgIpc) is 2.81. The van der Waals surface area contributed by atoms with Crippen molar-refractivity contribution in [1.82, 2.24) is 8.61 Å². The van der Waals surface area contributed by atoms with E-state index in [0.717, 1.165) is 24.3 Å². The second-order valence-electron chi connectivity index (χ2n) is 11.9. The Morgan fingerprint density at radius 1 is 0.791 bits per heavy atom. The fourth-order valence-corrected chi connectivity index (χ4v) is 9.00. The molecule has 2 aliphatic heterocycles. The second kappa shape index (κ2) is 12.6. The summed E-state index contributed by atoms with van der Waals surface area (Å²) >= 11 is 0. The Labute approximate surface area is 252 Å². The second-order valence-corrected chi connectivity index (χ2v) is 15.6. The number of rotatable bonds is 3. The highest BCUT2D eigenvalue weighted by Gasteiger charge is 2.40. The van der Waals surface area contributed by atoms with Crippen LogP contribution in [0.4, 0.5) is 8.78 Å². The summed E-state index contributed by atoms with van der Waals surface area (Å²) < 4.78 is 85.7. The SMILES string of the molecule is C.CC(C)(C)N1CCc2cc(F)c(C(=O)O)cc2S1(=O)=O.CCOC(=O)c1cc2c(cc1F)CCN(C(C)(C)C)S2(=O)=O. The van der Waals surface area contributed by atoms with Crippen molar-refractivity contribution >= 4 is 32.0 Å². The van der Waals surface area contributed by atoms with E-state index in [-0.39, 0.29) is 42.5 Å². The van der Waals surface area contributed by atoms with Gasteiger partial charge < -0.3 is 9.84 Å². The highest BCUT2D eigenvalue weighted by Crippen LogP contribution is 2.34. The van der Waals surface area contributed by atoms with E-state index in [2.05, 4.69) is 0 Å². The summed E-state index contributed by atoms with van der Waals surface area (Å²) in [5.41, 5.74) is -1.45. The van der Waals surface area contributed by atoms with Crippen molar-refractivity contribution in [3.8, 4) is 0 Å². The van der Waals surface area contributed by atoms with E-state index in [4.69, 9.17) is 9.84 Å². The normalized spacial score (nSPS) is 17.8. The van der Waals surface area contributed by atoms with E-state index in [1.54, 1.807) is 48.5 Å². The Morgan fingerprint density at radius 2 is 1.16 bits per heavy atom.